The number of nitrogens with one attached hydrogen (secondary N) is 2. The Kier molecular flexibility index (Phi) is 3.63. The van der Waals surface area contributed by atoms with Crippen molar-refractivity contribution in [2.75, 3.05) is 6.61 Å². The average Bonchev–Trinajstić information content (AvgIpc) is 2.71. The molecule has 0 saturated heterocycles. The second-order valence-electron chi connectivity index (χ2n) is 3.64. The van der Waals surface area contributed by atoms with Gasteiger partial charge < -0.3 is 5.11 Å². The minimum atomic E-state index is -0.677. The number of hydrogen-bond acceptors (Lipinski definition) is 3. The summed E-state index contributed by atoms with van der Waals surface area (Å²) in [7, 11) is 0. The van der Waals surface area contributed by atoms with Crippen LogP contribution < -0.4 is 11.4 Å². The highest BCUT2D eigenvalue weighted by Crippen LogP contribution is 2.10. The van der Waals surface area contributed by atoms with Crippen LogP contribution in [0, 0.1) is 17.7 Å². The fraction of sp³-hybridized carbons (Fsp3) is 0.167. The van der Waals surface area contributed by atoms with E-state index in [1.54, 1.807) is 0 Å². The molecule has 0 bridgehead atoms. The fourth-order valence-corrected chi connectivity index (χ4v) is 1.50. The minimum absolute atomic E-state index is 0.0964. The largest absolute Gasteiger partial charge is 0.395 e. The van der Waals surface area contributed by atoms with Gasteiger partial charge in [-0.05, 0) is 18.2 Å². The van der Waals surface area contributed by atoms with Crippen LogP contribution in [0.3, 0.4) is 0 Å². The van der Waals surface area contributed by atoms with Gasteiger partial charge in [-0.25, -0.2) is 28.7 Å². The molecule has 1 aromatic carbocycles. The summed E-state index contributed by atoms with van der Waals surface area (Å²) in [5.41, 5.74) is -1.11. The lowest BCUT2D eigenvalue weighted by atomic mass is 10.2. The monoisotopic (exact) mass is 263 g/mol. The SMILES string of the molecule is O=c1[nH][nH]c(=O)n1-c1ccc(C#CCCO)c(F)c1. The first-order valence-corrected chi connectivity index (χ1v) is 5.43. The molecule has 98 valence electrons. The topological polar surface area (TPSA) is 90.9 Å². The average molecular weight is 263 g/mol. The Balaban J connectivity index is 2.43. The van der Waals surface area contributed by atoms with Gasteiger partial charge in [0.1, 0.15) is 5.82 Å². The summed E-state index contributed by atoms with van der Waals surface area (Å²) < 4.78 is 14.5. The fourth-order valence-electron chi connectivity index (χ4n) is 1.50. The van der Waals surface area contributed by atoms with Crippen molar-refractivity contribution < 1.29 is 9.50 Å². The molecule has 2 aromatic rings. The van der Waals surface area contributed by atoms with Gasteiger partial charge in [-0.1, -0.05) is 11.8 Å². The second kappa shape index (κ2) is 5.37. The first kappa shape index (κ1) is 12.9. The molecular formula is C12H10FN3O3. The molecule has 0 spiro atoms. The Labute approximate surface area is 106 Å². The summed E-state index contributed by atoms with van der Waals surface area (Å²) in [4.78, 5) is 22.7. The van der Waals surface area contributed by atoms with Crippen molar-refractivity contribution in [3.05, 3.63) is 50.5 Å². The number of hydrogen-bond donors (Lipinski definition) is 3. The number of halogens is 1. The number of aromatic nitrogens is 3. The Hall–Kier alpha value is -2.59. The molecule has 0 atom stereocenters. The first-order valence-electron chi connectivity index (χ1n) is 5.43. The molecule has 6 nitrogen and oxygen atoms in total. The Morgan fingerprint density at radius 3 is 2.53 bits per heavy atom. The van der Waals surface area contributed by atoms with Gasteiger partial charge in [0.05, 0.1) is 17.9 Å². The van der Waals surface area contributed by atoms with E-state index in [2.05, 4.69) is 22.0 Å². The van der Waals surface area contributed by atoms with E-state index < -0.39 is 17.2 Å². The zero-order chi connectivity index (χ0) is 13.8. The number of aromatic amines is 2. The van der Waals surface area contributed by atoms with E-state index >= 15 is 0 Å². The van der Waals surface area contributed by atoms with E-state index in [1.165, 1.54) is 12.1 Å². The quantitative estimate of drug-likeness (QED) is 0.651. The van der Waals surface area contributed by atoms with E-state index in [1.807, 2.05) is 0 Å². The highest BCUT2D eigenvalue weighted by Gasteiger charge is 2.08. The molecule has 0 aliphatic rings. The van der Waals surface area contributed by atoms with Crippen LogP contribution in [0.1, 0.15) is 12.0 Å². The summed E-state index contributed by atoms with van der Waals surface area (Å²) >= 11 is 0. The van der Waals surface area contributed by atoms with E-state index in [0.717, 1.165) is 10.6 Å². The second-order valence-corrected chi connectivity index (χ2v) is 3.64. The summed E-state index contributed by atoms with van der Waals surface area (Å²) in [5, 5.41) is 12.8. The van der Waals surface area contributed by atoms with Gasteiger partial charge in [0.15, 0.2) is 0 Å². The predicted molar refractivity (Wildman–Crippen MR) is 65.5 cm³/mol. The van der Waals surface area contributed by atoms with Gasteiger partial charge in [0.2, 0.25) is 0 Å². The maximum Gasteiger partial charge on any atom is 0.348 e. The van der Waals surface area contributed by atoms with Crippen LogP contribution in [-0.4, -0.2) is 26.5 Å². The lowest BCUT2D eigenvalue weighted by Crippen LogP contribution is -2.24. The number of H-pyrrole nitrogens is 2. The minimum Gasteiger partial charge on any atom is -0.395 e. The van der Waals surface area contributed by atoms with Crippen molar-refractivity contribution in [3.8, 4) is 17.5 Å². The van der Waals surface area contributed by atoms with Gasteiger partial charge in [-0.2, -0.15) is 0 Å². The van der Waals surface area contributed by atoms with Crippen LogP contribution in [0.15, 0.2) is 27.8 Å². The van der Waals surface area contributed by atoms with Crippen LogP contribution in [0.4, 0.5) is 4.39 Å². The van der Waals surface area contributed by atoms with Crippen molar-refractivity contribution in [1.82, 2.24) is 14.8 Å². The normalized spacial score (nSPS) is 10.0. The molecule has 2 rings (SSSR count). The van der Waals surface area contributed by atoms with Crippen LogP contribution in [0.5, 0.6) is 0 Å². The van der Waals surface area contributed by atoms with Crippen LogP contribution in [0.2, 0.25) is 0 Å². The maximum atomic E-state index is 13.7. The Morgan fingerprint density at radius 2 is 1.95 bits per heavy atom. The summed E-state index contributed by atoms with van der Waals surface area (Å²) in [6.45, 7) is -0.0964. The molecule has 1 heterocycles. The van der Waals surface area contributed by atoms with Crippen molar-refractivity contribution in [2.24, 2.45) is 0 Å². The van der Waals surface area contributed by atoms with E-state index in [0.29, 0.717) is 0 Å². The lowest BCUT2D eigenvalue weighted by molar-refractivity contribution is 0.305. The Morgan fingerprint density at radius 1 is 1.26 bits per heavy atom. The van der Waals surface area contributed by atoms with Gasteiger partial charge in [0.25, 0.3) is 0 Å². The third-order valence-corrected chi connectivity index (χ3v) is 2.35. The maximum absolute atomic E-state index is 13.7. The molecule has 3 N–H and O–H groups in total. The molecule has 1 aromatic heterocycles. The van der Waals surface area contributed by atoms with Crippen LogP contribution in [0.25, 0.3) is 5.69 Å². The van der Waals surface area contributed by atoms with Gasteiger partial charge in [-0.15, -0.1) is 0 Å². The van der Waals surface area contributed by atoms with E-state index in [4.69, 9.17) is 5.11 Å². The van der Waals surface area contributed by atoms with Crippen molar-refractivity contribution in [2.45, 2.75) is 6.42 Å². The zero-order valence-electron chi connectivity index (χ0n) is 9.74. The molecule has 0 saturated carbocycles. The molecule has 0 radical (unpaired) electrons. The number of aliphatic hydroxyl groups is 1. The van der Waals surface area contributed by atoms with Crippen molar-refractivity contribution in [1.29, 1.82) is 0 Å². The van der Waals surface area contributed by atoms with Crippen LogP contribution in [-0.2, 0) is 0 Å². The summed E-state index contributed by atoms with van der Waals surface area (Å²) in [6, 6.07) is 3.83. The zero-order valence-corrected chi connectivity index (χ0v) is 9.74. The Bertz CT molecular complexity index is 733. The lowest BCUT2D eigenvalue weighted by Gasteiger charge is -2.00. The van der Waals surface area contributed by atoms with Crippen molar-refractivity contribution >= 4 is 0 Å². The smallest absolute Gasteiger partial charge is 0.348 e. The van der Waals surface area contributed by atoms with E-state index in [9.17, 15) is 14.0 Å². The number of benzene rings is 1. The molecule has 7 heteroatoms. The summed E-state index contributed by atoms with van der Waals surface area (Å²) in [5.74, 6) is 4.49. The molecule has 0 fully saturated rings. The highest BCUT2D eigenvalue weighted by molar-refractivity contribution is 5.42. The standard InChI is InChI=1S/C12H10FN3O3/c13-10-7-9(16-11(18)14-15-12(16)19)5-4-8(10)3-1-2-6-17/h4-5,7,17H,2,6H2,(H,14,18)(H,15,19). The third kappa shape index (κ3) is 2.64. The van der Waals surface area contributed by atoms with Crippen molar-refractivity contribution in [3.63, 3.8) is 0 Å². The number of aliphatic hydroxyl groups excluding tert-OH is 1. The first-order chi connectivity index (χ1) is 9.13. The molecule has 0 unspecified atom stereocenters. The molecule has 0 aliphatic heterocycles. The van der Waals surface area contributed by atoms with Gasteiger partial charge in [-0.3, -0.25) is 0 Å². The number of nitrogens with zero attached hydrogens (tertiary/aromatic N) is 1. The summed E-state index contributed by atoms with van der Waals surface area (Å²) in [6.07, 6.45) is 0.248. The third-order valence-electron chi connectivity index (χ3n) is 2.35. The predicted octanol–water partition coefficient (Wildman–Crippen LogP) is -0.273. The molecule has 19 heavy (non-hydrogen) atoms. The number of rotatable bonds is 2. The molecule has 0 amide bonds. The van der Waals surface area contributed by atoms with Gasteiger partial charge >= 0.3 is 11.4 Å². The van der Waals surface area contributed by atoms with Crippen LogP contribution >= 0.6 is 0 Å². The molecular weight excluding hydrogens is 253 g/mol. The highest BCUT2D eigenvalue weighted by atomic mass is 19.1. The van der Waals surface area contributed by atoms with E-state index in [-0.39, 0.29) is 24.3 Å². The van der Waals surface area contributed by atoms with Gasteiger partial charge in [0, 0.05) is 6.42 Å². The molecule has 0 aliphatic carbocycles.